The van der Waals surface area contributed by atoms with Crippen molar-refractivity contribution < 1.29 is 18.7 Å². The molecule has 2 heterocycles. The Morgan fingerprint density at radius 3 is 2.11 bits per heavy atom. The standard InChI is InChI=1S/C24H46N4O5Si2/c1-23(2,3)34(8,9)32-19-17(16-29)31-21(20(19)33-35(10,11)24(4,5)6)28-15-12-18(27-22(28)30)26-14-13-25-7/h12,14-15,17,19-21,25,29H,13,16H2,1-11H3/b26-14+/t17?,19-,20+,21-/m1/s1. The molecule has 0 bridgehead atoms. The van der Waals surface area contributed by atoms with Gasteiger partial charge in [0.15, 0.2) is 28.7 Å². The second kappa shape index (κ2) is 11.0. The van der Waals surface area contributed by atoms with E-state index in [4.69, 9.17) is 13.6 Å². The van der Waals surface area contributed by atoms with E-state index in [2.05, 4.69) is 83.0 Å². The Bertz CT molecular complexity index is 937. The predicted octanol–water partition coefficient (Wildman–Crippen LogP) is 3.84. The molecule has 35 heavy (non-hydrogen) atoms. The topological polar surface area (TPSA) is 107 Å². The molecule has 9 nitrogen and oxygen atoms in total. The van der Waals surface area contributed by atoms with E-state index in [0.29, 0.717) is 12.4 Å². The summed E-state index contributed by atoms with van der Waals surface area (Å²) in [6, 6.07) is 1.68. The first-order valence-electron chi connectivity index (χ1n) is 12.3. The maximum absolute atomic E-state index is 13.1. The molecule has 1 unspecified atom stereocenters. The molecule has 11 heteroatoms. The van der Waals surface area contributed by atoms with E-state index in [-0.39, 0.29) is 16.7 Å². The summed E-state index contributed by atoms with van der Waals surface area (Å²) in [6.07, 6.45) is 0.819. The van der Waals surface area contributed by atoms with Gasteiger partial charge in [0.05, 0.1) is 6.61 Å². The van der Waals surface area contributed by atoms with Crippen molar-refractivity contribution in [1.82, 2.24) is 14.9 Å². The molecule has 1 aromatic rings. The smallest absolute Gasteiger partial charge is 0.351 e. The van der Waals surface area contributed by atoms with Crippen LogP contribution in [0.2, 0.25) is 36.3 Å². The minimum absolute atomic E-state index is 0.0436. The van der Waals surface area contributed by atoms with E-state index in [1.54, 1.807) is 18.5 Å². The van der Waals surface area contributed by atoms with Gasteiger partial charge in [-0.3, -0.25) is 4.57 Å². The van der Waals surface area contributed by atoms with Gasteiger partial charge in [-0.05, 0) is 49.4 Å². The molecule has 1 saturated heterocycles. The number of nitrogens with zero attached hydrogens (tertiary/aromatic N) is 3. The Morgan fingerprint density at radius 1 is 1.11 bits per heavy atom. The number of aliphatic hydroxyl groups is 1. The lowest BCUT2D eigenvalue weighted by Gasteiger charge is -2.44. The lowest BCUT2D eigenvalue weighted by Crippen LogP contribution is -2.54. The predicted molar refractivity (Wildman–Crippen MR) is 146 cm³/mol. The highest BCUT2D eigenvalue weighted by Crippen LogP contribution is 2.45. The summed E-state index contributed by atoms with van der Waals surface area (Å²) in [5.74, 6) is 0.328. The summed E-state index contributed by atoms with van der Waals surface area (Å²) in [5.41, 5.74) is -0.484. The van der Waals surface area contributed by atoms with Gasteiger partial charge in [0.25, 0.3) is 0 Å². The van der Waals surface area contributed by atoms with E-state index < -0.39 is 46.9 Å². The third-order valence-corrected chi connectivity index (χ3v) is 16.5. The Balaban J connectivity index is 2.54. The molecule has 0 aliphatic carbocycles. The van der Waals surface area contributed by atoms with Gasteiger partial charge in [-0.15, -0.1) is 0 Å². The van der Waals surface area contributed by atoms with Gasteiger partial charge in [0, 0.05) is 19.0 Å². The van der Waals surface area contributed by atoms with Crippen LogP contribution in [-0.2, 0) is 13.6 Å². The molecule has 1 aromatic heterocycles. The zero-order valence-corrected chi connectivity index (χ0v) is 25.4. The van der Waals surface area contributed by atoms with E-state index in [1.165, 1.54) is 4.57 Å². The van der Waals surface area contributed by atoms with Crippen LogP contribution in [0.25, 0.3) is 0 Å². The monoisotopic (exact) mass is 526 g/mol. The number of aliphatic imine (C=N–C) groups is 1. The summed E-state index contributed by atoms with van der Waals surface area (Å²) in [7, 11) is -2.72. The largest absolute Gasteiger partial charge is 0.408 e. The van der Waals surface area contributed by atoms with E-state index in [9.17, 15) is 9.90 Å². The molecule has 0 spiro atoms. The van der Waals surface area contributed by atoms with Crippen molar-refractivity contribution in [2.24, 2.45) is 4.99 Å². The van der Waals surface area contributed by atoms with E-state index in [1.807, 2.05) is 7.05 Å². The van der Waals surface area contributed by atoms with Crippen molar-refractivity contribution >= 4 is 28.7 Å². The molecule has 4 atom stereocenters. The minimum atomic E-state index is -2.29. The van der Waals surface area contributed by atoms with Crippen molar-refractivity contribution in [3.8, 4) is 0 Å². The average Bonchev–Trinajstić information content (AvgIpc) is 3.02. The van der Waals surface area contributed by atoms with Crippen LogP contribution < -0.4 is 11.0 Å². The van der Waals surface area contributed by atoms with Gasteiger partial charge in [-0.1, -0.05) is 41.5 Å². The number of rotatable bonds is 9. The maximum Gasteiger partial charge on any atom is 0.351 e. The highest BCUT2D eigenvalue weighted by Gasteiger charge is 2.54. The van der Waals surface area contributed by atoms with Gasteiger partial charge in [-0.25, -0.2) is 9.79 Å². The first-order chi connectivity index (χ1) is 15.9. The number of nitrogens with one attached hydrogen (secondary N) is 1. The molecule has 0 amide bonds. The summed E-state index contributed by atoms with van der Waals surface area (Å²) < 4.78 is 21.4. The van der Waals surface area contributed by atoms with Gasteiger partial charge < -0.3 is 24.0 Å². The van der Waals surface area contributed by atoms with Crippen molar-refractivity contribution in [1.29, 1.82) is 0 Å². The maximum atomic E-state index is 13.1. The number of aromatic nitrogens is 2. The zero-order valence-electron chi connectivity index (χ0n) is 23.4. The third-order valence-electron chi connectivity index (χ3n) is 7.55. The van der Waals surface area contributed by atoms with Gasteiger partial charge in [-0.2, -0.15) is 4.98 Å². The number of ether oxygens (including phenoxy) is 1. The van der Waals surface area contributed by atoms with Gasteiger partial charge >= 0.3 is 5.69 Å². The summed E-state index contributed by atoms with van der Waals surface area (Å²) in [4.78, 5) is 21.4. The van der Waals surface area contributed by atoms with Crippen LogP contribution in [0.4, 0.5) is 5.82 Å². The molecule has 2 N–H and O–H groups in total. The molecule has 1 fully saturated rings. The molecule has 1 aliphatic rings. The molecular formula is C24H46N4O5Si2. The van der Waals surface area contributed by atoms with Gasteiger partial charge in [0.2, 0.25) is 0 Å². The zero-order chi connectivity index (χ0) is 26.8. The van der Waals surface area contributed by atoms with Crippen LogP contribution in [0.5, 0.6) is 0 Å². The summed E-state index contributed by atoms with van der Waals surface area (Å²) in [5, 5.41) is 13.1. The van der Waals surface area contributed by atoms with Crippen LogP contribution in [-0.4, -0.2) is 76.0 Å². The number of hydrogen-bond donors (Lipinski definition) is 2. The third kappa shape index (κ3) is 6.97. The summed E-state index contributed by atoms with van der Waals surface area (Å²) in [6.45, 7) is 22.0. The minimum Gasteiger partial charge on any atom is -0.408 e. The fourth-order valence-electron chi connectivity index (χ4n) is 3.28. The molecule has 0 saturated carbocycles. The Kier molecular flexibility index (Phi) is 9.46. The van der Waals surface area contributed by atoms with Crippen molar-refractivity contribution in [3.63, 3.8) is 0 Å². The fourth-order valence-corrected chi connectivity index (χ4v) is 5.88. The van der Waals surface area contributed by atoms with Crippen molar-refractivity contribution in [2.75, 3.05) is 20.2 Å². The second-order valence-electron chi connectivity index (χ2n) is 12.3. The first-order valence-corrected chi connectivity index (χ1v) is 18.1. The normalized spacial score (nSPS) is 24.5. The van der Waals surface area contributed by atoms with Crippen molar-refractivity contribution in [2.45, 2.75) is 102 Å². The van der Waals surface area contributed by atoms with E-state index in [0.717, 1.165) is 0 Å². The van der Waals surface area contributed by atoms with Crippen LogP contribution in [0, 0.1) is 0 Å². The highest BCUT2D eigenvalue weighted by atomic mass is 28.4. The van der Waals surface area contributed by atoms with E-state index >= 15 is 0 Å². The van der Waals surface area contributed by atoms with Crippen LogP contribution >= 0.6 is 0 Å². The first kappa shape index (κ1) is 30.0. The van der Waals surface area contributed by atoms with Crippen LogP contribution in [0.3, 0.4) is 0 Å². The van der Waals surface area contributed by atoms with Crippen molar-refractivity contribution in [3.05, 3.63) is 22.7 Å². The molecule has 0 aromatic carbocycles. The molecule has 200 valence electrons. The second-order valence-corrected chi connectivity index (χ2v) is 21.8. The molecule has 0 radical (unpaired) electrons. The number of hydrogen-bond acceptors (Lipinski definition) is 8. The number of aliphatic hydroxyl groups excluding tert-OH is 1. The molecule has 1 aliphatic heterocycles. The fraction of sp³-hybridized carbons (Fsp3) is 0.792. The highest BCUT2D eigenvalue weighted by molar-refractivity contribution is 6.74. The SMILES string of the molecule is CNC/C=N/c1ccn([C@@H]2OC(CO)[C@@H](O[Si](C)(C)C(C)(C)C)[C@@H]2O[Si](C)(C)C(C)(C)C)c(=O)n1. The Hall–Kier alpha value is -1.22. The van der Waals surface area contributed by atoms with Crippen LogP contribution in [0.1, 0.15) is 47.8 Å². The van der Waals surface area contributed by atoms with Crippen LogP contribution in [0.15, 0.2) is 22.1 Å². The Labute approximate surface area is 212 Å². The quantitative estimate of drug-likeness (QED) is 0.372. The Morgan fingerprint density at radius 2 is 1.66 bits per heavy atom. The lowest BCUT2D eigenvalue weighted by atomic mass is 10.1. The van der Waals surface area contributed by atoms with Gasteiger partial charge in [0.1, 0.15) is 18.3 Å². The lowest BCUT2D eigenvalue weighted by molar-refractivity contribution is -0.0529. The average molecular weight is 527 g/mol. The molecular weight excluding hydrogens is 480 g/mol. The molecule has 2 rings (SSSR count). The summed E-state index contributed by atoms with van der Waals surface area (Å²) >= 11 is 0.